The lowest BCUT2D eigenvalue weighted by Crippen LogP contribution is -2.34. The Bertz CT molecular complexity index is 552. The zero-order chi connectivity index (χ0) is 13.9. The Labute approximate surface area is 119 Å². The molecule has 0 saturated carbocycles. The summed E-state index contributed by atoms with van der Waals surface area (Å²) in [6, 6.07) is 12.5. The van der Waals surface area contributed by atoms with Crippen molar-refractivity contribution >= 4 is 0 Å². The lowest BCUT2D eigenvalue weighted by molar-refractivity contribution is 0.0611. The first-order valence-corrected chi connectivity index (χ1v) is 7.19. The molecular weight excluding hydrogens is 250 g/mol. The van der Waals surface area contributed by atoms with Gasteiger partial charge in [0.1, 0.15) is 0 Å². The summed E-state index contributed by atoms with van der Waals surface area (Å²) in [4.78, 5) is 0. The SMILES string of the molecule is CNC(c1ccnn1-c1ccccc1)C1OCCC1C. The topological polar surface area (TPSA) is 39.1 Å². The molecule has 3 unspecified atom stereocenters. The molecular formula is C16H21N3O. The van der Waals surface area contributed by atoms with Crippen molar-refractivity contribution in [2.45, 2.75) is 25.5 Å². The average Bonchev–Trinajstić information content (AvgIpc) is 3.11. The smallest absolute Gasteiger partial charge is 0.0811 e. The maximum atomic E-state index is 5.93. The van der Waals surface area contributed by atoms with Crippen molar-refractivity contribution in [3.8, 4) is 5.69 Å². The Balaban J connectivity index is 1.95. The van der Waals surface area contributed by atoms with Crippen molar-refractivity contribution in [2.75, 3.05) is 13.7 Å². The summed E-state index contributed by atoms with van der Waals surface area (Å²) >= 11 is 0. The second-order valence-electron chi connectivity index (χ2n) is 5.37. The minimum absolute atomic E-state index is 0.162. The van der Waals surface area contributed by atoms with Crippen molar-refractivity contribution < 1.29 is 4.74 Å². The number of benzene rings is 1. The molecule has 1 aromatic carbocycles. The van der Waals surface area contributed by atoms with Gasteiger partial charge in [-0.3, -0.25) is 0 Å². The van der Waals surface area contributed by atoms with Gasteiger partial charge in [0.05, 0.1) is 23.5 Å². The molecule has 3 atom stereocenters. The van der Waals surface area contributed by atoms with Crippen molar-refractivity contribution in [2.24, 2.45) is 5.92 Å². The Morgan fingerprint density at radius 2 is 2.10 bits per heavy atom. The number of para-hydroxylation sites is 1. The van der Waals surface area contributed by atoms with E-state index in [1.807, 2.05) is 36.1 Å². The van der Waals surface area contributed by atoms with E-state index in [0.717, 1.165) is 24.4 Å². The highest BCUT2D eigenvalue weighted by atomic mass is 16.5. The number of ether oxygens (including phenoxy) is 1. The summed E-state index contributed by atoms with van der Waals surface area (Å²) in [5.74, 6) is 0.562. The van der Waals surface area contributed by atoms with Crippen LogP contribution in [0.2, 0.25) is 0 Å². The standard InChI is InChI=1S/C16H21N3O/c1-12-9-11-20-16(12)15(17-2)14-8-10-18-19(14)13-6-4-3-5-7-13/h3-8,10,12,15-17H,9,11H2,1-2H3. The molecule has 1 N–H and O–H groups in total. The molecule has 20 heavy (non-hydrogen) atoms. The van der Waals surface area contributed by atoms with Gasteiger partial charge in [0.15, 0.2) is 0 Å². The fourth-order valence-electron chi connectivity index (χ4n) is 2.96. The maximum absolute atomic E-state index is 5.93. The molecule has 1 saturated heterocycles. The summed E-state index contributed by atoms with van der Waals surface area (Å²) < 4.78 is 7.92. The molecule has 0 aliphatic carbocycles. The third-order valence-electron chi connectivity index (χ3n) is 4.08. The molecule has 2 heterocycles. The van der Waals surface area contributed by atoms with E-state index in [-0.39, 0.29) is 12.1 Å². The third-order valence-corrected chi connectivity index (χ3v) is 4.08. The second kappa shape index (κ2) is 5.77. The van der Waals surface area contributed by atoms with E-state index in [1.54, 1.807) is 0 Å². The molecule has 4 heteroatoms. The van der Waals surface area contributed by atoms with Gasteiger partial charge >= 0.3 is 0 Å². The number of nitrogens with one attached hydrogen (secondary N) is 1. The molecule has 0 radical (unpaired) electrons. The van der Waals surface area contributed by atoms with Crippen LogP contribution in [0.3, 0.4) is 0 Å². The fraction of sp³-hybridized carbons (Fsp3) is 0.438. The van der Waals surface area contributed by atoms with Crippen LogP contribution in [-0.4, -0.2) is 29.5 Å². The first-order valence-electron chi connectivity index (χ1n) is 7.19. The molecule has 106 valence electrons. The van der Waals surface area contributed by atoms with Crippen LogP contribution >= 0.6 is 0 Å². The van der Waals surface area contributed by atoms with E-state index in [4.69, 9.17) is 4.74 Å². The Hall–Kier alpha value is -1.65. The molecule has 1 fully saturated rings. The Morgan fingerprint density at radius 1 is 1.30 bits per heavy atom. The number of likely N-dealkylation sites (N-methyl/N-ethyl adjacent to an activating group) is 1. The van der Waals surface area contributed by atoms with E-state index in [0.29, 0.717) is 5.92 Å². The van der Waals surface area contributed by atoms with E-state index >= 15 is 0 Å². The summed E-state index contributed by atoms with van der Waals surface area (Å²) in [6.45, 7) is 3.11. The first kappa shape index (κ1) is 13.3. The van der Waals surface area contributed by atoms with Gasteiger partial charge in [-0.25, -0.2) is 4.68 Å². The van der Waals surface area contributed by atoms with Gasteiger partial charge in [-0.05, 0) is 37.6 Å². The van der Waals surface area contributed by atoms with Crippen molar-refractivity contribution in [3.05, 3.63) is 48.3 Å². The van der Waals surface area contributed by atoms with Crippen LogP contribution in [0.25, 0.3) is 5.69 Å². The van der Waals surface area contributed by atoms with Crippen LogP contribution in [0.1, 0.15) is 25.1 Å². The molecule has 1 aliphatic rings. The van der Waals surface area contributed by atoms with Gasteiger partial charge in [-0.15, -0.1) is 0 Å². The zero-order valence-corrected chi connectivity index (χ0v) is 12.0. The molecule has 4 nitrogen and oxygen atoms in total. The molecule has 3 rings (SSSR count). The van der Waals surface area contributed by atoms with Gasteiger partial charge in [-0.2, -0.15) is 5.10 Å². The minimum Gasteiger partial charge on any atom is -0.376 e. The average molecular weight is 271 g/mol. The second-order valence-corrected chi connectivity index (χ2v) is 5.37. The van der Waals surface area contributed by atoms with Crippen LogP contribution in [0.5, 0.6) is 0 Å². The number of hydrogen-bond acceptors (Lipinski definition) is 3. The first-order chi connectivity index (χ1) is 9.81. The summed E-state index contributed by atoms with van der Waals surface area (Å²) in [7, 11) is 1.99. The summed E-state index contributed by atoms with van der Waals surface area (Å²) in [5, 5.41) is 7.87. The van der Waals surface area contributed by atoms with Crippen molar-refractivity contribution in [1.82, 2.24) is 15.1 Å². The van der Waals surface area contributed by atoms with Crippen LogP contribution in [0.4, 0.5) is 0 Å². The molecule has 0 amide bonds. The van der Waals surface area contributed by atoms with Gasteiger partial charge in [0.25, 0.3) is 0 Å². The minimum atomic E-state index is 0.162. The molecule has 1 aromatic heterocycles. The van der Waals surface area contributed by atoms with Gasteiger partial charge < -0.3 is 10.1 Å². The van der Waals surface area contributed by atoms with Crippen LogP contribution in [-0.2, 0) is 4.74 Å². The van der Waals surface area contributed by atoms with Gasteiger partial charge in [0, 0.05) is 12.8 Å². The van der Waals surface area contributed by atoms with Gasteiger partial charge in [0.2, 0.25) is 0 Å². The normalized spacial score (nSPS) is 23.9. The van der Waals surface area contributed by atoms with E-state index < -0.39 is 0 Å². The highest BCUT2D eigenvalue weighted by Crippen LogP contribution is 2.31. The monoisotopic (exact) mass is 271 g/mol. The highest BCUT2D eigenvalue weighted by Gasteiger charge is 2.34. The predicted molar refractivity (Wildman–Crippen MR) is 78.9 cm³/mol. The molecule has 2 aromatic rings. The number of rotatable bonds is 4. The van der Waals surface area contributed by atoms with Crippen molar-refractivity contribution in [1.29, 1.82) is 0 Å². The van der Waals surface area contributed by atoms with E-state index in [9.17, 15) is 0 Å². The van der Waals surface area contributed by atoms with Gasteiger partial charge in [-0.1, -0.05) is 25.1 Å². The molecule has 0 bridgehead atoms. The number of aromatic nitrogens is 2. The van der Waals surface area contributed by atoms with E-state index in [2.05, 4.69) is 35.5 Å². The highest BCUT2D eigenvalue weighted by molar-refractivity contribution is 5.33. The predicted octanol–water partition coefficient (Wildman–Crippen LogP) is 2.56. The van der Waals surface area contributed by atoms with E-state index in [1.165, 1.54) is 0 Å². The fourth-order valence-corrected chi connectivity index (χ4v) is 2.96. The number of nitrogens with zero attached hydrogens (tertiary/aromatic N) is 2. The van der Waals surface area contributed by atoms with Crippen LogP contribution in [0, 0.1) is 5.92 Å². The van der Waals surface area contributed by atoms with Crippen LogP contribution < -0.4 is 5.32 Å². The Morgan fingerprint density at radius 3 is 2.75 bits per heavy atom. The quantitative estimate of drug-likeness (QED) is 0.929. The maximum Gasteiger partial charge on any atom is 0.0811 e. The third kappa shape index (κ3) is 2.37. The van der Waals surface area contributed by atoms with Crippen molar-refractivity contribution in [3.63, 3.8) is 0 Å². The largest absolute Gasteiger partial charge is 0.376 e. The summed E-state index contributed by atoms with van der Waals surface area (Å²) in [5.41, 5.74) is 2.23. The molecule has 0 spiro atoms. The lowest BCUT2D eigenvalue weighted by atomic mass is 9.95. The van der Waals surface area contributed by atoms with Crippen LogP contribution in [0.15, 0.2) is 42.6 Å². The lowest BCUT2D eigenvalue weighted by Gasteiger charge is -2.26. The zero-order valence-electron chi connectivity index (χ0n) is 12.0. The Kier molecular flexibility index (Phi) is 3.85. The molecule has 1 aliphatic heterocycles. The summed E-state index contributed by atoms with van der Waals surface area (Å²) in [6.07, 6.45) is 3.19. The number of hydrogen-bond donors (Lipinski definition) is 1.